The Balaban J connectivity index is 1.68. The molecule has 0 saturated carbocycles. The van der Waals surface area contributed by atoms with Gasteiger partial charge in [-0.3, -0.25) is 14.5 Å². The topological polar surface area (TPSA) is 89.9 Å². The number of pyridine rings is 1. The van der Waals surface area contributed by atoms with E-state index < -0.39 is 0 Å². The van der Waals surface area contributed by atoms with Gasteiger partial charge in [-0.2, -0.15) is 10.1 Å². The molecule has 0 fully saturated rings. The van der Waals surface area contributed by atoms with E-state index >= 15 is 0 Å². The first-order valence-corrected chi connectivity index (χ1v) is 7.68. The van der Waals surface area contributed by atoms with Crippen molar-refractivity contribution in [1.82, 2.24) is 29.8 Å². The van der Waals surface area contributed by atoms with Crippen molar-refractivity contribution in [2.24, 2.45) is 7.05 Å². The van der Waals surface area contributed by atoms with Gasteiger partial charge in [-0.1, -0.05) is 5.16 Å². The quantitative estimate of drug-likeness (QED) is 0.707. The zero-order valence-corrected chi connectivity index (χ0v) is 13.4. The van der Waals surface area contributed by atoms with Crippen molar-refractivity contribution < 1.29 is 9.32 Å². The number of carbonyl (C=O) groups is 1. The number of aromatic nitrogens is 5. The molecule has 3 aromatic rings. The van der Waals surface area contributed by atoms with Crippen LogP contribution >= 0.6 is 0 Å². The van der Waals surface area contributed by atoms with Crippen molar-refractivity contribution in [3.05, 3.63) is 47.2 Å². The highest BCUT2D eigenvalue weighted by molar-refractivity contribution is 5.94. The number of fused-ring (bicyclic) bond motifs is 1. The Kier molecular flexibility index (Phi) is 3.37. The van der Waals surface area contributed by atoms with Gasteiger partial charge in [0.15, 0.2) is 11.5 Å². The van der Waals surface area contributed by atoms with Crippen molar-refractivity contribution in [2.45, 2.75) is 19.9 Å². The van der Waals surface area contributed by atoms with Crippen LogP contribution in [0.5, 0.6) is 0 Å². The minimum absolute atomic E-state index is 0.0368. The first-order valence-electron chi connectivity index (χ1n) is 7.68. The summed E-state index contributed by atoms with van der Waals surface area (Å²) in [6, 6.07) is 3.54. The molecule has 1 amide bonds. The second-order valence-electron chi connectivity index (χ2n) is 5.76. The number of hydrogen-bond donors (Lipinski definition) is 0. The predicted octanol–water partition coefficient (Wildman–Crippen LogP) is 1.37. The van der Waals surface area contributed by atoms with Gasteiger partial charge < -0.3 is 9.42 Å². The Morgan fingerprint density at radius 1 is 1.38 bits per heavy atom. The second-order valence-corrected chi connectivity index (χ2v) is 5.76. The predicted molar refractivity (Wildman–Crippen MR) is 83.9 cm³/mol. The molecule has 0 radical (unpaired) electrons. The first-order chi connectivity index (χ1) is 11.6. The monoisotopic (exact) mass is 324 g/mol. The van der Waals surface area contributed by atoms with Gasteiger partial charge in [-0.05, 0) is 19.1 Å². The smallest absolute Gasteiger partial charge is 0.278 e. The standard InChI is InChI=1S/C16H16N6O2/c1-10-18-15(24-20-10)14-12-9-22(7-5-13(12)21(2)19-14)16(23)11-4-3-6-17-8-11/h3-4,6,8H,5,7,9H2,1-2H3. The lowest BCUT2D eigenvalue weighted by Crippen LogP contribution is -2.36. The summed E-state index contributed by atoms with van der Waals surface area (Å²) in [5.41, 5.74) is 3.29. The van der Waals surface area contributed by atoms with Gasteiger partial charge >= 0.3 is 0 Å². The zero-order chi connectivity index (χ0) is 16.7. The Bertz CT molecular complexity index is 899. The van der Waals surface area contributed by atoms with Crippen LogP contribution in [0, 0.1) is 6.92 Å². The zero-order valence-electron chi connectivity index (χ0n) is 13.4. The Morgan fingerprint density at radius 3 is 2.96 bits per heavy atom. The molecule has 8 nitrogen and oxygen atoms in total. The van der Waals surface area contributed by atoms with Gasteiger partial charge in [0, 0.05) is 43.7 Å². The van der Waals surface area contributed by atoms with E-state index in [9.17, 15) is 4.79 Å². The van der Waals surface area contributed by atoms with E-state index in [1.165, 1.54) is 0 Å². The van der Waals surface area contributed by atoms with Crippen LogP contribution in [0.4, 0.5) is 0 Å². The van der Waals surface area contributed by atoms with E-state index in [2.05, 4.69) is 20.2 Å². The summed E-state index contributed by atoms with van der Waals surface area (Å²) in [6.45, 7) is 2.87. The molecule has 0 aliphatic carbocycles. The van der Waals surface area contributed by atoms with Gasteiger partial charge in [0.1, 0.15) is 0 Å². The average molecular weight is 324 g/mol. The summed E-state index contributed by atoms with van der Waals surface area (Å²) < 4.78 is 7.09. The maximum Gasteiger partial charge on any atom is 0.278 e. The fraction of sp³-hybridized carbons (Fsp3) is 0.312. The van der Waals surface area contributed by atoms with Crippen LogP contribution < -0.4 is 0 Å². The molecule has 0 saturated heterocycles. The Hall–Kier alpha value is -3.03. The number of nitrogens with zero attached hydrogens (tertiary/aromatic N) is 6. The molecule has 3 aromatic heterocycles. The second kappa shape index (κ2) is 5.55. The number of rotatable bonds is 2. The molecule has 4 heterocycles. The minimum atomic E-state index is -0.0368. The highest BCUT2D eigenvalue weighted by Gasteiger charge is 2.29. The van der Waals surface area contributed by atoms with E-state index in [0.29, 0.717) is 36.1 Å². The molecule has 0 aromatic carbocycles. The third kappa shape index (κ3) is 2.36. The van der Waals surface area contributed by atoms with Crippen LogP contribution in [0.2, 0.25) is 0 Å². The number of aryl methyl sites for hydroxylation is 2. The molecule has 0 unspecified atom stereocenters. The largest absolute Gasteiger partial charge is 0.334 e. The Labute approximate surface area is 138 Å². The fourth-order valence-corrected chi connectivity index (χ4v) is 3.00. The summed E-state index contributed by atoms with van der Waals surface area (Å²) in [4.78, 5) is 22.8. The first kappa shape index (κ1) is 14.6. The summed E-state index contributed by atoms with van der Waals surface area (Å²) in [7, 11) is 1.89. The van der Waals surface area contributed by atoms with Crippen LogP contribution in [0.1, 0.15) is 27.4 Å². The summed E-state index contributed by atoms with van der Waals surface area (Å²) in [5.74, 6) is 0.911. The highest BCUT2D eigenvalue weighted by Crippen LogP contribution is 2.29. The summed E-state index contributed by atoms with van der Waals surface area (Å²) >= 11 is 0. The van der Waals surface area contributed by atoms with Crippen LogP contribution in [0.15, 0.2) is 29.0 Å². The fourth-order valence-electron chi connectivity index (χ4n) is 3.00. The van der Waals surface area contributed by atoms with Crippen molar-refractivity contribution in [1.29, 1.82) is 0 Å². The van der Waals surface area contributed by atoms with Crippen molar-refractivity contribution in [3.63, 3.8) is 0 Å². The molecule has 0 bridgehead atoms. The van der Waals surface area contributed by atoms with Crippen molar-refractivity contribution in [2.75, 3.05) is 6.54 Å². The van der Waals surface area contributed by atoms with Gasteiger partial charge in [0.2, 0.25) is 0 Å². The molecule has 8 heteroatoms. The Morgan fingerprint density at radius 2 is 2.25 bits per heavy atom. The number of hydrogen-bond acceptors (Lipinski definition) is 6. The van der Waals surface area contributed by atoms with Crippen molar-refractivity contribution >= 4 is 5.91 Å². The lowest BCUT2D eigenvalue weighted by molar-refractivity contribution is 0.0733. The minimum Gasteiger partial charge on any atom is -0.334 e. The molecule has 0 atom stereocenters. The molecule has 0 N–H and O–H groups in total. The molecule has 0 spiro atoms. The van der Waals surface area contributed by atoms with E-state index in [1.54, 1.807) is 36.4 Å². The summed E-state index contributed by atoms with van der Waals surface area (Å²) in [5, 5.41) is 8.34. The van der Waals surface area contributed by atoms with E-state index in [-0.39, 0.29) is 5.91 Å². The molecular formula is C16H16N6O2. The van der Waals surface area contributed by atoms with Gasteiger partial charge in [0.25, 0.3) is 11.8 Å². The van der Waals surface area contributed by atoms with Crippen molar-refractivity contribution in [3.8, 4) is 11.6 Å². The normalized spacial score (nSPS) is 13.8. The van der Waals surface area contributed by atoms with E-state index in [4.69, 9.17) is 4.52 Å². The van der Waals surface area contributed by atoms with E-state index in [0.717, 1.165) is 17.7 Å². The third-order valence-corrected chi connectivity index (χ3v) is 4.17. The number of amides is 1. The van der Waals surface area contributed by atoms with Gasteiger partial charge in [-0.25, -0.2) is 0 Å². The molecule has 1 aliphatic rings. The molecule has 4 rings (SSSR count). The lowest BCUT2D eigenvalue weighted by Gasteiger charge is -2.27. The highest BCUT2D eigenvalue weighted by atomic mass is 16.5. The molecule has 122 valence electrons. The molecular weight excluding hydrogens is 308 g/mol. The van der Waals surface area contributed by atoms with Crippen LogP contribution in [-0.4, -0.2) is 42.3 Å². The average Bonchev–Trinajstić information content (AvgIpc) is 3.18. The maximum absolute atomic E-state index is 12.7. The molecule has 24 heavy (non-hydrogen) atoms. The third-order valence-electron chi connectivity index (χ3n) is 4.17. The SMILES string of the molecule is Cc1noc(-c2nn(C)c3c2CN(C(=O)c2cccnc2)CC3)n1. The lowest BCUT2D eigenvalue weighted by atomic mass is 10.0. The van der Waals surface area contributed by atoms with Crippen LogP contribution in [-0.2, 0) is 20.0 Å². The molecule has 1 aliphatic heterocycles. The van der Waals surface area contributed by atoms with Gasteiger partial charge in [0.05, 0.1) is 12.1 Å². The summed E-state index contributed by atoms with van der Waals surface area (Å²) in [6.07, 6.45) is 3.98. The maximum atomic E-state index is 12.7. The van der Waals surface area contributed by atoms with Gasteiger partial charge in [-0.15, -0.1) is 0 Å². The van der Waals surface area contributed by atoms with E-state index in [1.807, 2.05) is 11.7 Å². The van der Waals surface area contributed by atoms with Crippen LogP contribution in [0.3, 0.4) is 0 Å². The number of carbonyl (C=O) groups excluding carboxylic acids is 1. The van der Waals surface area contributed by atoms with Crippen LogP contribution in [0.25, 0.3) is 11.6 Å².